The maximum atomic E-state index is 10.5. The van der Waals surface area contributed by atoms with E-state index in [4.69, 9.17) is 0 Å². The van der Waals surface area contributed by atoms with Crippen LogP contribution in [0.2, 0.25) is 0 Å². The monoisotopic (exact) mass is 294 g/mol. The Hall–Kier alpha value is -0.970. The Morgan fingerprint density at radius 1 is 0.762 bits per heavy atom. The Morgan fingerprint density at radius 3 is 1.62 bits per heavy atom. The van der Waals surface area contributed by atoms with Gasteiger partial charge < -0.3 is 4.74 Å². The van der Waals surface area contributed by atoms with E-state index in [1.807, 2.05) is 0 Å². The second-order valence-corrected chi connectivity index (χ2v) is 5.87. The van der Waals surface area contributed by atoms with E-state index in [0.29, 0.717) is 0 Å². The fourth-order valence-corrected chi connectivity index (χ4v) is 2.39. The number of hydrogen-bond acceptors (Lipinski definition) is 2. The molecule has 0 radical (unpaired) electrons. The van der Waals surface area contributed by atoms with Crippen LogP contribution in [0.3, 0.4) is 0 Å². The van der Waals surface area contributed by atoms with Crippen molar-refractivity contribution in [2.75, 3.05) is 0 Å². The van der Waals surface area contributed by atoms with E-state index >= 15 is 0 Å². The smallest absolute Gasteiger partial charge is 0.316 e. The number of ether oxygens (including phenoxy) is 1. The molecule has 0 aliphatic carbocycles. The topological polar surface area (TPSA) is 26.3 Å². The normalized spacial score (nSPS) is 10.0. The fourth-order valence-electron chi connectivity index (χ4n) is 2.39. The summed E-state index contributed by atoms with van der Waals surface area (Å²) in [7, 11) is 0. The van der Waals surface area contributed by atoms with Crippen LogP contribution in [0.5, 0.6) is 0 Å². The van der Waals surface area contributed by atoms with Crippen molar-refractivity contribution in [3.05, 3.63) is 0 Å². The summed E-state index contributed by atoms with van der Waals surface area (Å²) in [5, 5.41) is 0. The Kier molecular flexibility index (Phi) is 16.3. The van der Waals surface area contributed by atoms with E-state index < -0.39 is 0 Å². The number of carbonyl (C=O) groups excluding carboxylic acids is 1. The first-order valence-electron chi connectivity index (χ1n) is 8.92. The lowest BCUT2D eigenvalue weighted by Crippen LogP contribution is -1.89. The summed E-state index contributed by atoms with van der Waals surface area (Å²) in [5.74, 6) is 2.54. The molecule has 0 saturated heterocycles. The van der Waals surface area contributed by atoms with E-state index in [1.165, 1.54) is 84.0 Å². The zero-order valence-corrected chi connectivity index (χ0v) is 14.2. The molecule has 0 unspecified atom stereocenters. The molecule has 0 fully saturated rings. The summed E-state index contributed by atoms with van der Waals surface area (Å²) in [4.78, 5) is 10.5. The second-order valence-electron chi connectivity index (χ2n) is 5.87. The van der Waals surface area contributed by atoms with Gasteiger partial charge in [-0.15, -0.1) is 0 Å². The van der Waals surface area contributed by atoms with Gasteiger partial charge in [-0.3, -0.25) is 4.79 Å². The SMILES string of the molecule is CCCCCCCCCCCCCCCC#COC(C)=O. The minimum absolute atomic E-state index is 0.326. The van der Waals surface area contributed by atoms with Crippen molar-refractivity contribution < 1.29 is 9.53 Å². The zero-order chi connectivity index (χ0) is 15.6. The van der Waals surface area contributed by atoms with Gasteiger partial charge in [0.2, 0.25) is 0 Å². The van der Waals surface area contributed by atoms with Crippen LogP contribution in [0.1, 0.15) is 104 Å². The van der Waals surface area contributed by atoms with Crippen LogP contribution in [0.15, 0.2) is 0 Å². The van der Waals surface area contributed by atoms with Gasteiger partial charge in [-0.25, -0.2) is 0 Å². The van der Waals surface area contributed by atoms with Crippen molar-refractivity contribution in [3.8, 4) is 12.0 Å². The van der Waals surface area contributed by atoms with Crippen LogP contribution < -0.4 is 0 Å². The summed E-state index contributed by atoms with van der Waals surface area (Å²) in [6.07, 6.45) is 21.0. The molecule has 0 aromatic carbocycles. The minimum Gasteiger partial charge on any atom is -0.372 e. The van der Waals surface area contributed by atoms with Crippen LogP contribution in [-0.2, 0) is 9.53 Å². The first-order valence-corrected chi connectivity index (χ1v) is 8.92. The summed E-state index contributed by atoms with van der Waals surface area (Å²) < 4.78 is 4.56. The van der Waals surface area contributed by atoms with Crippen molar-refractivity contribution in [3.63, 3.8) is 0 Å². The molecule has 2 heteroatoms. The average Bonchev–Trinajstić information content (AvgIpc) is 2.46. The van der Waals surface area contributed by atoms with Gasteiger partial charge in [0.15, 0.2) is 0 Å². The van der Waals surface area contributed by atoms with Gasteiger partial charge in [0.25, 0.3) is 0 Å². The van der Waals surface area contributed by atoms with Crippen LogP contribution in [0.25, 0.3) is 0 Å². The number of hydrogen-bond donors (Lipinski definition) is 0. The summed E-state index contributed by atoms with van der Waals surface area (Å²) in [5.41, 5.74) is 0. The second kappa shape index (κ2) is 17.1. The van der Waals surface area contributed by atoms with Crippen LogP contribution >= 0.6 is 0 Å². The maximum Gasteiger partial charge on any atom is 0.316 e. The molecule has 0 aromatic heterocycles. The van der Waals surface area contributed by atoms with Gasteiger partial charge in [0, 0.05) is 13.3 Å². The molecule has 0 N–H and O–H groups in total. The molecule has 0 aliphatic heterocycles. The van der Waals surface area contributed by atoms with E-state index in [2.05, 4.69) is 23.7 Å². The molecule has 122 valence electrons. The summed E-state index contributed by atoms with van der Waals surface area (Å²) in [6, 6.07) is 0. The summed E-state index contributed by atoms with van der Waals surface area (Å²) in [6.45, 7) is 3.65. The van der Waals surface area contributed by atoms with E-state index in [9.17, 15) is 4.79 Å². The van der Waals surface area contributed by atoms with Crippen molar-refractivity contribution >= 4 is 5.97 Å². The molecule has 0 heterocycles. The van der Waals surface area contributed by atoms with E-state index in [1.54, 1.807) is 0 Å². The van der Waals surface area contributed by atoms with Crippen molar-refractivity contribution in [1.29, 1.82) is 0 Å². The van der Waals surface area contributed by atoms with Gasteiger partial charge >= 0.3 is 5.97 Å². The Labute approximate surface area is 132 Å². The number of carbonyl (C=O) groups is 1. The highest BCUT2D eigenvalue weighted by atomic mass is 16.5. The predicted octanol–water partition coefficient (Wildman–Crippen LogP) is 5.99. The lowest BCUT2D eigenvalue weighted by atomic mass is 10.0. The molecule has 0 atom stereocenters. The van der Waals surface area contributed by atoms with Crippen molar-refractivity contribution in [2.45, 2.75) is 104 Å². The van der Waals surface area contributed by atoms with Gasteiger partial charge in [-0.05, 0) is 6.42 Å². The number of unbranched alkanes of at least 4 members (excludes halogenated alkanes) is 13. The van der Waals surface area contributed by atoms with Crippen LogP contribution in [-0.4, -0.2) is 5.97 Å². The highest BCUT2D eigenvalue weighted by molar-refractivity contribution is 5.67. The lowest BCUT2D eigenvalue weighted by Gasteiger charge is -2.02. The van der Waals surface area contributed by atoms with Crippen LogP contribution in [0, 0.1) is 12.0 Å². The first-order chi connectivity index (χ1) is 10.3. The third kappa shape index (κ3) is 19.0. The van der Waals surface area contributed by atoms with Gasteiger partial charge in [0.05, 0.1) is 0 Å². The molecule has 0 spiro atoms. The van der Waals surface area contributed by atoms with E-state index in [0.717, 1.165) is 12.8 Å². The molecule has 0 aliphatic rings. The molecular weight excluding hydrogens is 260 g/mol. The minimum atomic E-state index is -0.326. The van der Waals surface area contributed by atoms with Crippen molar-refractivity contribution in [1.82, 2.24) is 0 Å². The average molecular weight is 294 g/mol. The largest absolute Gasteiger partial charge is 0.372 e. The molecule has 2 nitrogen and oxygen atoms in total. The van der Waals surface area contributed by atoms with Crippen LogP contribution in [0.4, 0.5) is 0 Å². The zero-order valence-electron chi connectivity index (χ0n) is 14.2. The lowest BCUT2D eigenvalue weighted by molar-refractivity contribution is -0.134. The van der Waals surface area contributed by atoms with Gasteiger partial charge in [0.1, 0.15) is 6.11 Å². The Morgan fingerprint density at radius 2 is 1.19 bits per heavy atom. The molecule has 0 bridgehead atoms. The predicted molar refractivity (Wildman–Crippen MR) is 89.9 cm³/mol. The first kappa shape index (κ1) is 20.0. The van der Waals surface area contributed by atoms with Gasteiger partial charge in [-0.1, -0.05) is 89.9 Å². The standard InChI is InChI=1S/C19H34O2/c1-3-4-5-6-7-8-9-10-11-12-13-14-15-16-17-18-21-19(2)20/h3-16H2,1-2H3. The molecule has 0 rings (SSSR count). The third-order valence-electron chi connectivity index (χ3n) is 3.67. The molecule has 21 heavy (non-hydrogen) atoms. The number of esters is 1. The molecule has 0 amide bonds. The summed E-state index contributed by atoms with van der Waals surface area (Å²) >= 11 is 0. The molecule has 0 aromatic rings. The Bertz CT molecular complexity index is 286. The Balaban J connectivity index is 3.05. The van der Waals surface area contributed by atoms with Crippen molar-refractivity contribution in [2.24, 2.45) is 0 Å². The molecule has 0 saturated carbocycles. The highest BCUT2D eigenvalue weighted by Crippen LogP contribution is 2.12. The van der Waals surface area contributed by atoms with Gasteiger partial charge in [-0.2, -0.15) is 0 Å². The quantitative estimate of drug-likeness (QED) is 0.237. The molecular formula is C19H34O2. The maximum absolute atomic E-state index is 10.5. The van der Waals surface area contributed by atoms with E-state index in [-0.39, 0.29) is 5.97 Å². The third-order valence-corrected chi connectivity index (χ3v) is 3.67. The highest BCUT2D eigenvalue weighted by Gasteiger charge is 1.93. The number of rotatable bonds is 13. The fraction of sp³-hybridized carbons (Fsp3) is 0.842.